The molecule has 9 heavy (non-hydrogen) atoms. The highest BCUT2D eigenvalue weighted by Crippen LogP contribution is 1.80. The Bertz CT molecular complexity index is 170. The van der Waals surface area contributed by atoms with Gasteiger partial charge in [-0.2, -0.15) is 0 Å². The van der Waals surface area contributed by atoms with Crippen molar-refractivity contribution in [3.05, 3.63) is 25.4 Å². The SMILES string of the molecule is C=CN=C(C=C)C(=O)O. The van der Waals surface area contributed by atoms with Crippen LogP contribution in [0.5, 0.6) is 0 Å². The van der Waals surface area contributed by atoms with Crippen molar-refractivity contribution >= 4 is 11.7 Å². The zero-order valence-corrected chi connectivity index (χ0v) is 4.87. The Labute approximate surface area is 53.0 Å². The molecular weight excluding hydrogens is 118 g/mol. The zero-order chi connectivity index (χ0) is 7.28. The monoisotopic (exact) mass is 125 g/mol. The number of carboxylic acid groups (broad SMARTS) is 1. The highest BCUT2D eigenvalue weighted by atomic mass is 16.4. The number of rotatable bonds is 3. The summed E-state index contributed by atoms with van der Waals surface area (Å²) in [5.41, 5.74) is -0.0926. The van der Waals surface area contributed by atoms with Gasteiger partial charge in [0.15, 0.2) is 0 Å². The Morgan fingerprint density at radius 3 is 2.22 bits per heavy atom. The first-order valence-corrected chi connectivity index (χ1v) is 2.26. The van der Waals surface area contributed by atoms with Gasteiger partial charge in [0, 0.05) is 6.20 Å². The molecule has 0 amide bonds. The molecule has 3 nitrogen and oxygen atoms in total. The minimum Gasteiger partial charge on any atom is -0.477 e. The predicted octanol–water partition coefficient (Wildman–Crippen LogP) is 0.842. The number of carbonyl (C=O) groups is 1. The fourth-order valence-corrected chi connectivity index (χ4v) is 0.294. The second-order valence-corrected chi connectivity index (χ2v) is 1.21. The summed E-state index contributed by atoms with van der Waals surface area (Å²) in [6.07, 6.45) is 2.31. The summed E-state index contributed by atoms with van der Waals surface area (Å²) < 4.78 is 0. The number of hydrogen-bond acceptors (Lipinski definition) is 2. The Hall–Kier alpha value is -1.38. The van der Waals surface area contributed by atoms with Crippen LogP contribution in [0.2, 0.25) is 0 Å². The van der Waals surface area contributed by atoms with Crippen molar-refractivity contribution in [3.63, 3.8) is 0 Å². The molecule has 0 atom stereocenters. The number of aliphatic imine (C=N–C) groups is 1. The molecule has 0 heterocycles. The lowest BCUT2D eigenvalue weighted by molar-refractivity contribution is -0.129. The molecule has 0 rings (SSSR count). The zero-order valence-electron chi connectivity index (χ0n) is 4.87. The van der Waals surface area contributed by atoms with Gasteiger partial charge < -0.3 is 5.11 Å². The van der Waals surface area contributed by atoms with Gasteiger partial charge in [-0.05, 0) is 6.08 Å². The molecule has 0 aliphatic heterocycles. The lowest BCUT2D eigenvalue weighted by Crippen LogP contribution is -2.08. The maximum absolute atomic E-state index is 10.1. The van der Waals surface area contributed by atoms with Crippen molar-refractivity contribution in [2.75, 3.05) is 0 Å². The Balaban J connectivity index is 4.32. The van der Waals surface area contributed by atoms with Gasteiger partial charge in [0.2, 0.25) is 0 Å². The summed E-state index contributed by atoms with van der Waals surface area (Å²) in [6, 6.07) is 0. The highest BCUT2D eigenvalue weighted by Gasteiger charge is 2.00. The van der Waals surface area contributed by atoms with Gasteiger partial charge in [-0.3, -0.25) is 0 Å². The summed E-state index contributed by atoms with van der Waals surface area (Å²) in [5.74, 6) is -1.09. The molecule has 48 valence electrons. The maximum Gasteiger partial charge on any atom is 0.354 e. The number of aliphatic carboxylic acids is 1. The smallest absolute Gasteiger partial charge is 0.354 e. The molecule has 0 bridgehead atoms. The van der Waals surface area contributed by atoms with Gasteiger partial charge in [-0.15, -0.1) is 0 Å². The van der Waals surface area contributed by atoms with E-state index in [0.717, 1.165) is 12.3 Å². The largest absolute Gasteiger partial charge is 0.477 e. The summed E-state index contributed by atoms with van der Waals surface area (Å²) >= 11 is 0. The van der Waals surface area contributed by atoms with Gasteiger partial charge in [0.05, 0.1) is 0 Å². The standard InChI is InChI=1S/C6H7NO2/c1-3-5(6(8)9)7-4-2/h3-4H,1-2H2,(H,8,9). The van der Waals surface area contributed by atoms with Gasteiger partial charge in [-0.1, -0.05) is 13.2 Å². The number of carboxylic acids is 1. The highest BCUT2D eigenvalue weighted by molar-refractivity contribution is 6.40. The van der Waals surface area contributed by atoms with Crippen LogP contribution in [0.4, 0.5) is 0 Å². The van der Waals surface area contributed by atoms with Crippen molar-refractivity contribution in [3.8, 4) is 0 Å². The quantitative estimate of drug-likeness (QED) is 0.568. The van der Waals surface area contributed by atoms with Gasteiger partial charge in [0.25, 0.3) is 0 Å². The fourth-order valence-electron chi connectivity index (χ4n) is 0.294. The molecule has 0 fully saturated rings. The topological polar surface area (TPSA) is 49.7 Å². The molecule has 0 aromatic heterocycles. The van der Waals surface area contributed by atoms with Crippen LogP contribution in [0, 0.1) is 0 Å². The average molecular weight is 125 g/mol. The minimum atomic E-state index is -1.09. The van der Waals surface area contributed by atoms with E-state index in [1.165, 1.54) is 0 Å². The van der Waals surface area contributed by atoms with Crippen LogP contribution in [-0.2, 0) is 4.79 Å². The molecule has 3 heteroatoms. The van der Waals surface area contributed by atoms with Crippen LogP contribution in [0.15, 0.2) is 30.4 Å². The molecule has 0 radical (unpaired) electrons. The van der Waals surface area contributed by atoms with Gasteiger partial charge >= 0.3 is 5.97 Å². The fraction of sp³-hybridized carbons (Fsp3) is 0. The van der Waals surface area contributed by atoms with Gasteiger partial charge in [0.1, 0.15) is 5.71 Å². The van der Waals surface area contributed by atoms with E-state index in [1.54, 1.807) is 0 Å². The van der Waals surface area contributed by atoms with E-state index in [4.69, 9.17) is 5.11 Å². The van der Waals surface area contributed by atoms with Crippen LogP contribution < -0.4 is 0 Å². The molecule has 1 N–H and O–H groups in total. The van der Waals surface area contributed by atoms with E-state index in [2.05, 4.69) is 18.2 Å². The number of hydrogen-bond donors (Lipinski definition) is 1. The third kappa shape index (κ3) is 2.43. The minimum absolute atomic E-state index is 0.0926. The van der Waals surface area contributed by atoms with Crippen LogP contribution in [0.3, 0.4) is 0 Å². The molecular formula is C6H7NO2. The first-order valence-electron chi connectivity index (χ1n) is 2.26. The maximum atomic E-state index is 10.1. The van der Waals surface area contributed by atoms with Crippen molar-refractivity contribution < 1.29 is 9.90 Å². The summed E-state index contributed by atoms with van der Waals surface area (Å²) in [4.78, 5) is 13.5. The number of nitrogens with zero attached hydrogens (tertiary/aromatic N) is 1. The first kappa shape index (κ1) is 7.62. The first-order chi connectivity index (χ1) is 4.22. The summed E-state index contributed by atoms with van der Waals surface area (Å²) in [6.45, 7) is 6.47. The lowest BCUT2D eigenvalue weighted by atomic mass is 10.4. The molecule has 0 unspecified atom stereocenters. The molecule has 0 aliphatic carbocycles. The second-order valence-electron chi connectivity index (χ2n) is 1.21. The third-order valence-electron chi connectivity index (χ3n) is 0.643. The molecule has 0 aromatic rings. The lowest BCUT2D eigenvalue weighted by Gasteiger charge is -1.86. The Morgan fingerprint density at radius 2 is 2.11 bits per heavy atom. The van der Waals surface area contributed by atoms with Crippen molar-refractivity contribution in [1.82, 2.24) is 0 Å². The van der Waals surface area contributed by atoms with Crippen molar-refractivity contribution in [2.24, 2.45) is 4.99 Å². The van der Waals surface area contributed by atoms with E-state index >= 15 is 0 Å². The van der Waals surface area contributed by atoms with E-state index in [9.17, 15) is 4.79 Å². The normalized spacial score (nSPS) is 10.4. The Morgan fingerprint density at radius 1 is 1.56 bits per heavy atom. The molecule has 0 saturated carbocycles. The molecule has 0 aromatic carbocycles. The molecule has 0 spiro atoms. The molecule has 0 saturated heterocycles. The van der Waals surface area contributed by atoms with Crippen LogP contribution in [0.25, 0.3) is 0 Å². The summed E-state index contributed by atoms with van der Waals surface area (Å²) in [7, 11) is 0. The van der Waals surface area contributed by atoms with Crippen molar-refractivity contribution in [1.29, 1.82) is 0 Å². The Kier molecular flexibility index (Phi) is 3.05. The third-order valence-corrected chi connectivity index (χ3v) is 0.643. The van der Waals surface area contributed by atoms with E-state index in [-0.39, 0.29) is 5.71 Å². The van der Waals surface area contributed by atoms with E-state index < -0.39 is 5.97 Å². The summed E-state index contributed by atoms with van der Waals surface area (Å²) in [5, 5.41) is 8.25. The van der Waals surface area contributed by atoms with Crippen molar-refractivity contribution in [2.45, 2.75) is 0 Å². The van der Waals surface area contributed by atoms with Crippen LogP contribution in [-0.4, -0.2) is 16.8 Å². The van der Waals surface area contributed by atoms with E-state index in [1.807, 2.05) is 0 Å². The van der Waals surface area contributed by atoms with Gasteiger partial charge in [-0.25, -0.2) is 9.79 Å². The van der Waals surface area contributed by atoms with Crippen LogP contribution in [0.1, 0.15) is 0 Å². The van der Waals surface area contributed by atoms with Crippen LogP contribution >= 0.6 is 0 Å². The van der Waals surface area contributed by atoms with E-state index in [0.29, 0.717) is 0 Å². The average Bonchev–Trinajstić information content (AvgIpc) is 1.82. The second kappa shape index (κ2) is 3.60. The molecule has 0 aliphatic rings. The predicted molar refractivity (Wildman–Crippen MR) is 35.5 cm³/mol.